The molecular weight excluding hydrogens is 341 g/mol. The Labute approximate surface area is 127 Å². The van der Waals surface area contributed by atoms with E-state index >= 15 is 0 Å². The van der Waals surface area contributed by atoms with Gasteiger partial charge in [0.1, 0.15) is 9.73 Å². The minimum absolute atomic E-state index is 0.203. The van der Waals surface area contributed by atoms with E-state index in [4.69, 9.17) is 0 Å². The van der Waals surface area contributed by atoms with Crippen LogP contribution >= 0.6 is 0 Å². The maximum atomic E-state index is 11.8. The number of benzene rings is 1. The van der Waals surface area contributed by atoms with Gasteiger partial charge in [-0.25, -0.2) is 0 Å². The van der Waals surface area contributed by atoms with Crippen LogP contribution < -0.4 is 0 Å². The summed E-state index contributed by atoms with van der Waals surface area (Å²) in [5, 5.41) is 0. The van der Waals surface area contributed by atoms with Crippen molar-refractivity contribution in [1.29, 1.82) is 0 Å². The first kappa shape index (κ1) is 17.9. The fraction of sp³-hybridized carbons (Fsp3) is 0.0769. The third-order valence-electron chi connectivity index (χ3n) is 2.31. The summed E-state index contributed by atoms with van der Waals surface area (Å²) in [4.78, 5) is -0.406. The highest BCUT2D eigenvalue weighted by Gasteiger charge is 2.29. The molecule has 0 N–H and O–H groups in total. The Morgan fingerprint density at radius 1 is 0.727 bits per heavy atom. The molecule has 0 heterocycles. The highest BCUT2D eigenvalue weighted by atomic mass is 32.2. The molecule has 0 atom stereocenters. The van der Waals surface area contributed by atoms with E-state index in [1.807, 2.05) is 0 Å². The van der Waals surface area contributed by atoms with Crippen LogP contribution in [-0.2, 0) is 26.8 Å². The smallest absolute Gasteiger partial charge is 0.184 e. The molecule has 118 valence electrons. The first-order valence-corrected chi connectivity index (χ1v) is 7.78. The Morgan fingerprint density at radius 2 is 1.14 bits per heavy atom. The number of hydrogen-bond acceptors (Lipinski definition) is 4. The molecule has 0 aliphatic heterocycles. The zero-order valence-electron chi connectivity index (χ0n) is 10.8. The molecule has 1 aromatic carbocycles. The second-order valence-electron chi connectivity index (χ2n) is 3.78. The van der Waals surface area contributed by atoms with Crippen molar-refractivity contribution in [3.8, 4) is 0 Å². The topological polar surface area (TPSA) is 68.3 Å². The Morgan fingerprint density at radius 3 is 1.41 bits per heavy atom. The van der Waals surface area contributed by atoms with Gasteiger partial charge in [-0.2, -0.15) is 30.0 Å². The fourth-order valence-electron chi connectivity index (χ4n) is 1.35. The van der Waals surface area contributed by atoms with Crippen molar-refractivity contribution in [3.05, 3.63) is 60.2 Å². The second-order valence-corrected chi connectivity index (χ2v) is 5.60. The lowest BCUT2D eigenvalue weighted by molar-refractivity contribution is -0.137. The minimum Gasteiger partial charge on any atom is -0.184 e. The van der Waals surface area contributed by atoms with E-state index in [1.165, 1.54) is 36.4 Å². The van der Waals surface area contributed by atoms with Gasteiger partial charge in [-0.3, -0.25) is 0 Å². The lowest BCUT2D eigenvalue weighted by Gasteiger charge is -2.03. The molecule has 0 amide bonds. The first-order chi connectivity index (χ1) is 10.2. The monoisotopic (exact) mass is 350 g/mol. The van der Waals surface area contributed by atoms with Crippen molar-refractivity contribution in [1.82, 2.24) is 0 Å². The van der Waals surface area contributed by atoms with Crippen molar-refractivity contribution >= 4 is 30.3 Å². The number of allylic oxidation sites excluding steroid dienone is 4. The maximum absolute atomic E-state index is 11.8. The standard InChI is InChI=1S/C7H5F3.C6H4O4S2/c8-7(9,10)6-4-2-1-3-5-6;7-11(8)5-3-1-2-4-6(5)12(9)10/h1-5H;1-4H. The average Bonchev–Trinajstić information content (AvgIpc) is 2.48. The van der Waals surface area contributed by atoms with Crippen LogP contribution in [0.4, 0.5) is 13.2 Å². The van der Waals surface area contributed by atoms with Gasteiger partial charge in [0.15, 0.2) is 0 Å². The largest absolute Gasteiger partial charge is 0.416 e. The summed E-state index contributed by atoms with van der Waals surface area (Å²) in [6.45, 7) is 0. The molecule has 4 nitrogen and oxygen atoms in total. The van der Waals surface area contributed by atoms with Gasteiger partial charge in [0.05, 0.1) is 5.56 Å². The quantitative estimate of drug-likeness (QED) is 0.671. The number of alkyl halides is 3. The molecule has 0 bridgehead atoms. The van der Waals surface area contributed by atoms with Gasteiger partial charge < -0.3 is 0 Å². The van der Waals surface area contributed by atoms with Crippen molar-refractivity contribution in [3.63, 3.8) is 0 Å². The van der Waals surface area contributed by atoms with Crippen LogP contribution in [0.5, 0.6) is 0 Å². The molecule has 2 rings (SSSR count). The molecule has 0 saturated carbocycles. The lowest BCUT2D eigenvalue weighted by Crippen LogP contribution is -2.13. The third-order valence-corrected chi connectivity index (χ3v) is 3.87. The molecule has 0 fully saturated rings. The normalized spacial score (nSPS) is 13.4. The number of halogens is 3. The van der Waals surface area contributed by atoms with Gasteiger partial charge in [-0.15, -0.1) is 0 Å². The van der Waals surface area contributed by atoms with Gasteiger partial charge in [0, 0.05) is 0 Å². The molecule has 1 aliphatic rings. The van der Waals surface area contributed by atoms with Gasteiger partial charge in [-0.05, 0) is 12.2 Å². The van der Waals surface area contributed by atoms with Crippen molar-refractivity contribution in [2.24, 2.45) is 0 Å². The summed E-state index contributed by atoms with van der Waals surface area (Å²) in [6.07, 6.45) is 1.17. The third kappa shape index (κ3) is 5.34. The molecule has 1 aliphatic carbocycles. The Balaban J connectivity index is 0.000000224. The van der Waals surface area contributed by atoms with E-state index in [-0.39, 0.29) is 9.73 Å². The van der Waals surface area contributed by atoms with E-state index in [1.54, 1.807) is 6.07 Å². The van der Waals surface area contributed by atoms with Gasteiger partial charge in [-0.1, -0.05) is 42.5 Å². The molecule has 0 aromatic heterocycles. The Kier molecular flexibility index (Phi) is 6.32. The van der Waals surface area contributed by atoms with Gasteiger partial charge in [0.2, 0.25) is 20.6 Å². The van der Waals surface area contributed by atoms with E-state index in [2.05, 4.69) is 0 Å². The summed E-state index contributed by atoms with van der Waals surface area (Å²) >= 11 is 0. The highest BCUT2D eigenvalue weighted by molar-refractivity contribution is 7.83. The van der Waals surface area contributed by atoms with E-state index in [9.17, 15) is 30.0 Å². The van der Waals surface area contributed by atoms with Crippen LogP contribution in [-0.4, -0.2) is 26.6 Å². The summed E-state index contributed by atoms with van der Waals surface area (Å²) in [5.41, 5.74) is -0.602. The van der Waals surface area contributed by atoms with Gasteiger partial charge >= 0.3 is 6.18 Å². The zero-order valence-corrected chi connectivity index (χ0v) is 12.4. The van der Waals surface area contributed by atoms with Crippen molar-refractivity contribution in [2.45, 2.75) is 6.18 Å². The second kappa shape index (κ2) is 7.76. The van der Waals surface area contributed by atoms with Crippen LogP contribution in [0.25, 0.3) is 0 Å². The van der Waals surface area contributed by atoms with E-state index in [0.29, 0.717) is 0 Å². The summed E-state index contributed by atoms with van der Waals surface area (Å²) in [7, 11) is -5.01. The van der Waals surface area contributed by atoms with E-state index in [0.717, 1.165) is 12.1 Å². The predicted molar refractivity (Wildman–Crippen MR) is 77.6 cm³/mol. The molecule has 0 spiro atoms. The van der Waals surface area contributed by atoms with Gasteiger partial charge in [0.25, 0.3) is 0 Å². The summed E-state index contributed by atoms with van der Waals surface area (Å²) in [6, 6.07) is 6.36. The first-order valence-electron chi connectivity index (χ1n) is 5.63. The average molecular weight is 350 g/mol. The maximum Gasteiger partial charge on any atom is 0.416 e. The van der Waals surface area contributed by atoms with Crippen LogP contribution in [0.3, 0.4) is 0 Å². The Hall–Kier alpha value is -2.13. The van der Waals surface area contributed by atoms with Crippen molar-refractivity contribution < 1.29 is 30.0 Å². The predicted octanol–water partition coefficient (Wildman–Crippen LogP) is 1.92. The minimum atomic E-state index is -4.21. The highest BCUT2D eigenvalue weighted by Crippen LogP contribution is 2.28. The molecule has 22 heavy (non-hydrogen) atoms. The molecular formula is C13H9F3O4S2. The fourth-order valence-corrected chi connectivity index (χ4v) is 2.60. The molecule has 0 saturated heterocycles. The SMILES string of the molecule is FC(F)(F)c1ccccc1.O=S(=O)=C1C=CC=CC1=S(=O)=O. The molecule has 0 unspecified atom stereocenters. The van der Waals surface area contributed by atoms with Crippen LogP contribution in [0.1, 0.15) is 5.56 Å². The molecule has 0 radical (unpaired) electrons. The van der Waals surface area contributed by atoms with Crippen LogP contribution in [0.15, 0.2) is 54.6 Å². The summed E-state index contributed by atoms with van der Waals surface area (Å²) in [5.74, 6) is 0. The summed E-state index contributed by atoms with van der Waals surface area (Å²) < 4.78 is 77.2. The van der Waals surface area contributed by atoms with Crippen molar-refractivity contribution in [2.75, 3.05) is 0 Å². The van der Waals surface area contributed by atoms with Crippen LogP contribution in [0.2, 0.25) is 0 Å². The Bertz CT molecular complexity index is 794. The number of hydrogen-bond donors (Lipinski definition) is 0. The van der Waals surface area contributed by atoms with Crippen LogP contribution in [0, 0.1) is 0 Å². The molecule has 1 aromatic rings. The molecule has 9 heteroatoms. The lowest BCUT2D eigenvalue weighted by atomic mass is 10.2. The van der Waals surface area contributed by atoms with E-state index < -0.39 is 32.3 Å². The zero-order chi connectivity index (χ0) is 16.8. The number of rotatable bonds is 0.